The van der Waals surface area contributed by atoms with E-state index in [0.717, 1.165) is 31.8 Å². The highest BCUT2D eigenvalue weighted by atomic mass is 16.5. The predicted octanol–water partition coefficient (Wildman–Crippen LogP) is 2.24. The minimum atomic E-state index is -0.0478. The van der Waals surface area contributed by atoms with Gasteiger partial charge in [0.1, 0.15) is 0 Å². The maximum absolute atomic E-state index is 12.6. The highest BCUT2D eigenvalue weighted by Crippen LogP contribution is 2.44. The van der Waals surface area contributed by atoms with E-state index in [0.29, 0.717) is 25.5 Å². The number of carbonyl (C=O) groups excluding carboxylic acids is 1. The zero-order valence-electron chi connectivity index (χ0n) is 14.9. The highest BCUT2D eigenvalue weighted by molar-refractivity contribution is 5.77. The van der Waals surface area contributed by atoms with Crippen molar-refractivity contribution < 1.29 is 9.53 Å². The number of fused-ring (bicyclic) bond motifs is 1. The molecule has 2 aromatic rings. The Morgan fingerprint density at radius 1 is 1.23 bits per heavy atom. The van der Waals surface area contributed by atoms with Crippen molar-refractivity contribution in [1.82, 2.24) is 15.2 Å². The van der Waals surface area contributed by atoms with Crippen molar-refractivity contribution in [3.05, 3.63) is 66.0 Å². The van der Waals surface area contributed by atoms with Gasteiger partial charge < -0.3 is 10.1 Å². The Balaban J connectivity index is 1.36. The number of carbonyl (C=O) groups is 1. The molecule has 2 aliphatic heterocycles. The molecular formula is C21H25N3O2. The van der Waals surface area contributed by atoms with Crippen molar-refractivity contribution in [1.29, 1.82) is 0 Å². The summed E-state index contributed by atoms with van der Waals surface area (Å²) in [6, 6.07) is 14.4. The number of rotatable bonds is 6. The summed E-state index contributed by atoms with van der Waals surface area (Å²) in [5, 5.41) is 3.04. The fourth-order valence-electron chi connectivity index (χ4n) is 4.24. The summed E-state index contributed by atoms with van der Waals surface area (Å²) in [6.45, 7) is 4.85. The van der Waals surface area contributed by atoms with Crippen LogP contribution in [0.1, 0.15) is 17.5 Å². The first-order chi connectivity index (χ1) is 12.7. The van der Waals surface area contributed by atoms with E-state index in [9.17, 15) is 4.79 Å². The third kappa shape index (κ3) is 3.79. The van der Waals surface area contributed by atoms with Gasteiger partial charge in [0, 0.05) is 56.3 Å². The van der Waals surface area contributed by atoms with Crippen LogP contribution in [0, 0.1) is 11.3 Å². The van der Waals surface area contributed by atoms with E-state index in [4.69, 9.17) is 4.74 Å². The number of nitrogens with zero attached hydrogens (tertiary/aromatic N) is 2. The molecule has 1 N–H and O–H groups in total. The first-order valence-electron chi connectivity index (χ1n) is 9.23. The minimum Gasteiger partial charge on any atom is -0.380 e. The molecule has 2 aliphatic rings. The number of amides is 1. The molecule has 0 bridgehead atoms. The molecule has 0 radical (unpaired) electrons. The molecule has 26 heavy (non-hydrogen) atoms. The Bertz CT molecular complexity index is 737. The van der Waals surface area contributed by atoms with E-state index < -0.39 is 0 Å². The second-order valence-electron chi connectivity index (χ2n) is 7.54. The van der Waals surface area contributed by atoms with Crippen LogP contribution < -0.4 is 5.32 Å². The Hall–Kier alpha value is -2.24. The first kappa shape index (κ1) is 17.2. The van der Waals surface area contributed by atoms with Crippen molar-refractivity contribution in [3.63, 3.8) is 0 Å². The lowest BCUT2D eigenvalue weighted by molar-refractivity contribution is -0.123. The zero-order valence-corrected chi connectivity index (χ0v) is 14.9. The van der Waals surface area contributed by atoms with Crippen LogP contribution in [0.3, 0.4) is 0 Å². The summed E-state index contributed by atoms with van der Waals surface area (Å²) in [5.74, 6) is 0.543. The molecule has 1 aromatic carbocycles. The quantitative estimate of drug-likeness (QED) is 0.867. The van der Waals surface area contributed by atoms with Crippen LogP contribution in [0.4, 0.5) is 0 Å². The van der Waals surface area contributed by atoms with Gasteiger partial charge in [0.2, 0.25) is 5.91 Å². The van der Waals surface area contributed by atoms with Gasteiger partial charge in [-0.05, 0) is 17.2 Å². The highest BCUT2D eigenvalue weighted by Gasteiger charge is 2.51. The van der Waals surface area contributed by atoms with Crippen molar-refractivity contribution >= 4 is 5.91 Å². The molecule has 3 heterocycles. The van der Waals surface area contributed by atoms with Crippen LogP contribution in [0.2, 0.25) is 0 Å². The molecule has 1 aromatic heterocycles. The summed E-state index contributed by atoms with van der Waals surface area (Å²) in [5.41, 5.74) is 2.30. The second kappa shape index (κ2) is 7.56. The summed E-state index contributed by atoms with van der Waals surface area (Å²) in [7, 11) is 0. The lowest BCUT2D eigenvalue weighted by Crippen LogP contribution is -2.37. The van der Waals surface area contributed by atoms with Gasteiger partial charge in [-0.25, -0.2) is 0 Å². The number of nitrogens with one attached hydrogen (secondary N) is 1. The maximum Gasteiger partial charge on any atom is 0.220 e. The molecule has 0 unspecified atom stereocenters. The topological polar surface area (TPSA) is 54.5 Å². The third-order valence-electron chi connectivity index (χ3n) is 5.57. The molecule has 0 aliphatic carbocycles. The summed E-state index contributed by atoms with van der Waals surface area (Å²) in [6.07, 6.45) is 4.06. The third-order valence-corrected chi connectivity index (χ3v) is 5.57. The normalized spacial score (nSPS) is 25.2. The minimum absolute atomic E-state index is 0.0478. The van der Waals surface area contributed by atoms with Gasteiger partial charge in [-0.3, -0.25) is 14.7 Å². The molecule has 5 nitrogen and oxygen atoms in total. The monoisotopic (exact) mass is 351 g/mol. The molecule has 1 amide bonds. The average molecular weight is 351 g/mol. The predicted molar refractivity (Wildman–Crippen MR) is 99.2 cm³/mol. The van der Waals surface area contributed by atoms with Gasteiger partial charge in [0.25, 0.3) is 0 Å². The Morgan fingerprint density at radius 2 is 2.08 bits per heavy atom. The van der Waals surface area contributed by atoms with E-state index in [1.807, 2.05) is 18.2 Å². The van der Waals surface area contributed by atoms with Crippen molar-refractivity contribution in [2.45, 2.75) is 19.5 Å². The van der Waals surface area contributed by atoms with Crippen LogP contribution in [0.5, 0.6) is 0 Å². The molecule has 4 rings (SSSR count). The van der Waals surface area contributed by atoms with E-state index in [1.54, 1.807) is 12.4 Å². The van der Waals surface area contributed by atoms with Crippen molar-refractivity contribution in [2.24, 2.45) is 11.3 Å². The van der Waals surface area contributed by atoms with Gasteiger partial charge >= 0.3 is 0 Å². The number of benzene rings is 1. The number of hydrogen-bond acceptors (Lipinski definition) is 4. The number of pyridine rings is 1. The van der Waals surface area contributed by atoms with Crippen LogP contribution in [-0.2, 0) is 22.6 Å². The molecule has 2 atom stereocenters. The van der Waals surface area contributed by atoms with Crippen LogP contribution in [-0.4, -0.2) is 42.1 Å². The van der Waals surface area contributed by atoms with Crippen molar-refractivity contribution in [3.8, 4) is 0 Å². The number of likely N-dealkylation sites (tertiary alicyclic amines) is 1. The second-order valence-corrected chi connectivity index (χ2v) is 7.54. The smallest absolute Gasteiger partial charge is 0.220 e. The zero-order chi connectivity index (χ0) is 17.8. The molecule has 0 spiro atoms. The van der Waals surface area contributed by atoms with Crippen molar-refractivity contribution in [2.75, 3.05) is 26.3 Å². The summed E-state index contributed by atoms with van der Waals surface area (Å²) >= 11 is 0. The fraction of sp³-hybridized carbons (Fsp3) is 0.429. The Morgan fingerprint density at radius 3 is 2.88 bits per heavy atom. The van der Waals surface area contributed by atoms with E-state index >= 15 is 0 Å². The maximum atomic E-state index is 12.6. The fourth-order valence-corrected chi connectivity index (χ4v) is 4.24. The molecule has 2 fully saturated rings. The van der Waals surface area contributed by atoms with Crippen LogP contribution in [0.15, 0.2) is 54.9 Å². The lowest BCUT2D eigenvalue weighted by Gasteiger charge is -2.26. The largest absolute Gasteiger partial charge is 0.380 e. The number of hydrogen-bond donors (Lipinski definition) is 1. The molecule has 136 valence electrons. The van der Waals surface area contributed by atoms with Gasteiger partial charge in [-0.2, -0.15) is 0 Å². The first-order valence-corrected chi connectivity index (χ1v) is 9.23. The Kier molecular flexibility index (Phi) is 5.00. The summed E-state index contributed by atoms with van der Waals surface area (Å²) < 4.78 is 5.76. The average Bonchev–Trinajstić information content (AvgIpc) is 3.18. The van der Waals surface area contributed by atoms with E-state index in [1.165, 1.54) is 5.56 Å². The van der Waals surface area contributed by atoms with Crippen LogP contribution in [0.25, 0.3) is 0 Å². The Labute approximate surface area is 154 Å². The number of ether oxygens (including phenoxy) is 1. The van der Waals surface area contributed by atoms with E-state index in [-0.39, 0.29) is 11.3 Å². The lowest BCUT2D eigenvalue weighted by atomic mass is 9.78. The standard InChI is InChI=1S/C21H25N3O2/c25-20(23-11-18-7-4-8-22-10-18)9-21-15-24(13-19(21)14-26-16-21)12-17-5-2-1-3-6-17/h1-8,10,19H,9,11-16H2,(H,23,25)/t19-,21+/m0/s1. The number of aromatic nitrogens is 1. The van der Waals surface area contributed by atoms with E-state index in [2.05, 4.69) is 39.5 Å². The molecule has 5 heteroatoms. The molecule has 0 saturated carbocycles. The van der Waals surface area contributed by atoms with Gasteiger partial charge in [-0.1, -0.05) is 36.4 Å². The van der Waals surface area contributed by atoms with Crippen LogP contribution >= 0.6 is 0 Å². The van der Waals surface area contributed by atoms with Gasteiger partial charge in [0.15, 0.2) is 0 Å². The SMILES string of the molecule is O=C(C[C@@]12COC[C@@H]1CN(Cc1ccccc1)C2)NCc1cccnc1. The summed E-state index contributed by atoms with van der Waals surface area (Å²) in [4.78, 5) is 19.1. The van der Waals surface area contributed by atoms with Gasteiger partial charge in [-0.15, -0.1) is 0 Å². The molecule has 2 saturated heterocycles. The van der Waals surface area contributed by atoms with Gasteiger partial charge in [0.05, 0.1) is 13.2 Å². The molecular weight excluding hydrogens is 326 g/mol.